The molecule has 0 aliphatic carbocycles. The van der Waals surface area contributed by atoms with E-state index >= 15 is 0 Å². The summed E-state index contributed by atoms with van der Waals surface area (Å²) in [6.07, 6.45) is -0.986. The fourth-order valence-electron chi connectivity index (χ4n) is 1.25. The third kappa shape index (κ3) is 4.78. The highest BCUT2D eigenvalue weighted by atomic mass is 16.7. The molecular weight excluding hydrogens is 236 g/mol. The quantitative estimate of drug-likeness (QED) is 0.447. The summed E-state index contributed by atoms with van der Waals surface area (Å²) in [5, 5.41) is 0. The van der Waals surface area contributed by atoms with Gasteiger partial charge in [0.1, 0.15) is 0 Å². The summed E-state index contributed by atoms with van der Waals surface area (Å²) in [6.45, 7) is 2.46. The molecule has 0 radical (unpaired) electrons. The molecule has 1 unspecified atom stereocenters. The number of rotatable bonds is 5. The van der Waals surface area contributed by atoms with Crippen LogP contribution in [0.1, 0.15) is 19.4 Å². The van der Waals surface area contributed by atoms with Crippen molar-refractivity contribution >= 4 is 17.7 Å². The second kappa shape index (κ2) is 6.54. The molecule has 96 valence electrons. The first kappa shape index (κ1) is 13.9. The molecule has 0 amide bonds. The van der Waals surface area contributed by atoms with Crippen molar-refractivity contribution in [1.29, 1.82) is 0 Å². The first-order valence-electron chi connectivity index (χ1n) is 5.44. The summed E-state index contributed by atoms with van der Waals surface area (Å²) in [5.41, 5.74) is 0.799. The third-order valence-electron chi connectivity index (χ3n) is 2.05. The maximum absolute atomic E-state index is 11.5. The van der Waals surface area contributed by atoms with Gasteiger partial charge in [0, 0.05) is 13.8 Å². The van der Waals surface area contributed by atoms with Gasteiger partial charge < -0.3 is 9.47 Å². The number of hydrogen-bond donors (Lipinski definition) is 0. The lowest BCUT2D eigenvalue weighted by Gasteiger charge is -2.12. The lowest BCUT2D eigenvalue weighted by molar-refractivity contribution is -0.185. The fourth-order valence-corrected chi connectivity index (χ4v) is 1.25. The van der Waals surface area contributed by atoms with Crippen molar-refractivity contribution in [2.24, 2.45) is 0 Å². The molecule has 5 heteroatoms. The van der Waals surface area contributed by atoms with Gasteiger partial charge in [-0.15, -0.1) is 0 Å². The standard InChI is InChI=1S/C13H14O5/c1-9(14)13(16)18-10(2)17-12(15)8-11-6-4-3-5-7-11/h3-7,10H,8H2,1-2H3. The van der Waals surface area contributed by atoms with Crippen molar-refractivity contribution < 1.29 is 23.9 Å². The minimum atomic E-state index is -1.07. The number of ketones is 1. The van der Waals surface area contributed by atoms with Crippen molar-refractivity contribution in [3.05, 3.63) is 35.9 Å². The van der Waals surface area contributed by atoms with Gasteiger partial charge in [-0.2, -0.15) is 0 Å². The van der Waals surface area contributed by atoms with Crippen LogP contribution in [-0.2, 0) is 30.3 Å². The van der Waals surface area contributed by atoms with E-state index in [9.17, 15) is 14.4 Å². The second-order valence-electron chi connectivity index (χ2n) is 3.68. The van der Waals surface area contributed by atoms with Crippen molar-refractivity contribution in [2.45, 2.75) is 26.6 Å². The Kier molecular flexibility index (Phi) is 5.05. The van der Waals surface area contributed by atoms with Crippen LogP contribution >= 0.6 is 0 Å². The van der Waals surface area contributed by atoms with E-state index in [-0.39, 0.29) is 6.42 Å². The van der Waals surface area contributed by atoms with Crippen LogP contribution in [0.15, 0.2) is 30.3 Å². The number of carbonyl (C=O) groups excluding carboxylic acids is 3. The van der Waals surface area contributed by atoms with E-state index in [1.807, 2.05) is 18.2 Å². The number of ether oxygens (including phenoxy) is 2. The van der Waals surface area contributed by atoms with Gasteiger partial charge >= 0.3 is 11.9 Å². The number of esters is 2. The lowest BCUT2D eigenvalue weighted by atomic mass is 10.2. The van der Waals surface area contributed by atoms with Gasteiger partial charge in [0.05, 0.1) is 6.42 Å². The number of benzene rings is 1. The summed E-state index contributed by atoms with van der Waals surface area (Å²) in [5.74, 6) is -2.28. The van der Waals surface area contributed by atoms with E-state index in [1.165, 1.54) is 6.92 Å². The zero-order valence-corrected chi connectivity index (χ0v) is 10.2. The smallest absolute Gasteiger partial charge is 0.377 e. The highest BCUT2D eigenvalue weighted by Gasteiger charge is 2.17. The molecule has 0 aliphatic rings. The third-order valence-corrected chi connectivity index (χ3v) is 2.05. The molecule has 0 N–H and O–H groups in total. The first-order chi connectivity index (χ1) is 8.49. The predicted molar refractivity (Wildman–Crippen MR) is 62.5 cm³/mol. The summed E-state index contributed by atoms with van der Waals surface area (Å²) >= 11 is 0. The van der Waals surface area contributed by atoms with Gasteiger partial charge in [0.25, 0.3) is 0 Å². The Morgan fingerprint density at radius 2 is 1.72 bits per heavy atom. The van der Waals surface area contributed by atoms with Gasteiger partial charge in [0.15, 0.2) is 0 Å². The highest BCUT2D eigenvalue weighted by Crippen LogP contribution is 2.03. The fraction of sp³-hybridized carbons (Fsp3) is 0.308. The Bertz CT molecular complexity index is 438. The Balaban J connectivity index is 2.41. The summed E-state index contributed by atoms with van der Waals surface area (Å²) < 4.78 is 9.43. The average Bonchev–Trinajstić information content (AvgIpc) is 2.29. The van der Waals surface area contributed by atoms with Crippen LogP contribution in [0.4, 0.5) is 0 Å². The molecular formula is C13H14O5. The summed E-state index contributed by atoms with van der Waals surface area (Å²) in [4.78, 5) is 33.0. The molecule has 0 saturated heterocycles. The summed E-state index contributed by atoms with van der Waals surface area (Å²) in [6, 6.07) is 9.02. The first-order valence-corrected chi connectivity index (χ1v) is 5.44. The average molecular weight is 250 g/mol. The molecule has 0 spiro atoms. The van der Waals surface area contributed by atoms with Crippen LogP contribution in [0, 0.1) is 0 Å². The Morgan fingerprint density at radius 3 is 2.28 bits per heavy atom. The summed E-state index contributed by atoms with van der Waals surface area (Å²) in [7, 11) is 0. The lowest BCUT2D eigenvalue weighted by Crippen LogP contribution is -2.25. The van der Waals surface area contributed by atoms with Crippen molar-refractivity contribution in [2.75, 3.05) is 0 Å². The van der Waals surface area contributed by atoms with E-state index in [0.29, 0.717) is 0 Å². The highest BCUT2D eigenvalue weighted by molar-refractivity contribution is 6.32. The minimum absolute atomic E-state index is 0.0861. The van der Waals surface area contributed by atoms with Gasteiger partial charge in [0.2, 0.25) is 12.1 Å². The molecule has 1 atom stereocenters. The molecule has 0 fully saturated rings. The maximum Gasteiger partial charge on any atom is 0.377 e. The van der Waals surface area contributed by atoms with Crippen LogP contribution in [0.2, 0.25) is 0 Å². The Morgan fingerprint density at radius 1 is 1.11 bits per heavy atom. The molecule has 5 nitrogen and oxygen atoms in total. The van der Waals surface area contributed by atoms with Crippen molar-refractivity contribution in [3.8, 4) is 0 Å². The molecule has 0 heterocycles. The minimum Gasteiger partial charge on any atom is -0.425 e. The molecule has 0 aliphatic heterocycles. The van der Waals surface area contributed by atoms with Crippen molar-refractivity contribution in [1.82, 2.24) is 0 Å². The van der Waals surface area contributed by atoms with Gasteiger partial charge in [-0.05, 0) is 5.56 Å². The topological polar surface area (TPSA) is 69.7 Å². The number of Topliss-reactive ketones (excluding diaryl/α,β-unsaturated/α-hetero) is 1. The second-order valence-corrected chi connectivity index (χ2v) is 3.68. The predicted octanol–water partition coefficient (Wildman–Crippen LogP) is 1.25. The van der Waals surface area contributed by atoms with E-state index < -0.39 is 24.0 Å². The molecule has 0 saturated carbocycles. The van der Waals surface area contributed by atoms with Crippen LogP contribution in [0.5, 0.6) is 0 Å². The number of hydrogen-bond acceptors (Lipinski definition) is 5. The van der Waals surface area contributed by atoms with E-state index in [0.717, 1.165) is 12.5 Å². The monoisotopic (exact) mass is 250 g/mol. The normalized spacial score (nSPS) is 11.4. The van der Waals surface area contributed by atoms with Crippen LogP contribution in [-0.4, -0.2) is 24.0 Å². The molecule has 0 aromatic heterocycles. The van der Waals surface area contributed by atoms with E-state index in [4.69, 9.17) is 4.74 Å². The molecule has 1 rings (SSSR count). The number of carbonyl (C=O) groups is 3. The zero-order valence-electron chi connectivity index (χ0n) is 10.2. The molecule has 0 bridgehead atoms. The van der Waals surface area contributed by atoms with Gasteiger partial charge in [-0.3, -0.25) is 9.59 Å². The van der Waals surface area contributed by atoms with Crippen LogP contribution in [0.25, 0.3) is 0 Å². The van der Waals surface area contributed by atoms with E-state index in [2.05, 4.69) is 4.74 Å². The van der Waals surface area contributed by atoms with E-state index in [1.54, 1.807) is 12.1 Å². The van der Waals surface area contributed by atoms with Crippen LogP contribution in [0.3, 0.4) is 0 Å². The molecule has 1 aromatic carbocycles. The zero-order chi connectivity index (χ0) is 13.5. The SMILES string of the molecule is CC(=O)C(=O)OC(C)OC(=O)Cc1ccccc1. The maximum atomic E-state index is 11.5. The molecule has 1 aromatic rings. The Hall–Kier alpha value is -2.17. The Labute approximate surface area is 105 Å². The van der Waals surface area contributed by atoms with Gasteiger partial charge in [-0.25, -0.2) is 4.79 Å². The van der Waals surface area contributed by atoms with Crippen LogP contribution < -0.4 is 0 Å². The van der Waals surface area contributed by atoms with Gasteiger partial charge in [-0.1, -0.05) is 30.3 Å². The molecule has 18 heavy (non-hydrogen) atoms. The van der Waals surface area contributed by atoms with Crippen molar-refractivity contribution in [3.63, 3.8) is 0 Å². The largest absolute Gasteiger partial charge is 0.425 e.